The van der Waals surface area contributed by atoms with Crippen LogP contribution in [0, 0.1) is 0 Å². The summed E-state index contributed by atoms with van der Waals surface area (Å²) in [6, 6.07) is 2.03. The molecular formula is C6H5BrOS. The zero-order valence-corrected chi connectivity index (χ0v) is 7.09. The Bertz CT molecular complexity index is 209. The van der Waals surface area contributed by atoms with Crippen LogP contribution in [0.3, 0.4) is 0 Å². The molecule has 0 bridgehead atoms. The Morgan fingerprint density at radius 1 is 1.67 bits per heavy atom. The molecule has 0 saturated carbocycles. The van der Waals surface area contributed by atoms with Crippen LogP contribution >= 0.6 is 27.3 Å². The number of fused-ring (bicyclic) bond motifs is 1. The van der Waals surface area contributed by atoms with Crippen LogP contribution in [0.2, 0.25) is 0 Å². The van der Waals surface area contributed by atoms with Crippen molar-refractivity contribution >= 4 is 27.3 Å². The van der Waals surface area contributed by atoms with E-state index in [1.807, 2.05) is 6.07 Å². The van der Waals surface area contributed by atoms with Crippen LogP contribution in [0.25, 0.3) is 0 Å². The van der Waals surface area contributed by atoms with Crippen LogP contribution in [0.5, 0.6) is 5.75 Å². The normalized spacial score (nSPS) is 15.2. The van der Waals surface area contributed by atoms with E-state index in [2.05, 4.69) is 15.9 Å². The van der Waals surface area contributed by atoms with Crippen LogP contribution in [-0.2, 0) is 6.42 Å². The third-order valence-electron chi connectivity index (χ3n) is 1.33. The molecule has 1 aliphatic rings. The molecule has 1 aromatic rings. The first-order chi connectivity index (χ1) is 4.36. The summed E-state index contributed by atoms with van der Waals surface area (Å²) in [6.07, 6.45) is 1.09. The molecule has 0 saturated heterocycles. The van der Waals surface area contributed by atoms with Crippen molar-refractivity contribution in [3.05, 3.63) is 14.7 Å². The molecule has 0 aliphatic carbocycles. The van der Waals surface area contributed by atoms with Crippen molar-refractivity contribution in [1.82, 2.24) is 0 Å². The minimum absolute atomic E-state index is 0.869. The molecule has 0 spiro atoms. The molecule has 1 aliphatic heterocycles. The third kappa shape index (κ3) is 0.883. The lowest BCUT2D eigenvalue weighted by molar-refractivity contribution is 0.357. The smallest absolute Gasteiger partial charge is 0.134 e. The molecule has 0 amide bonds. The Balaban J connectivity index is 2.51. The molecule has 0 fully saturated rings. The maximum Gasteiger partial charge on any atom is 0.134 e. The minimum atomic E-state index is 0.869. The van der Waals surface area contributed by atoms with Gasteiger partial charge in [-0.1, -0.05) is 0 Å². The summed E-state index contributed by atoms with van der Waals surface area (Å²) in [7, 11) is 0. The van der Waals surface area contributed by atoms with E-state index in [9.17, 15) is 0 Å². The first-order valence-electron chi connectivity index (χ1n) is 2.77. The van der Waals surface area contributed by atoms with Crippen LogP contribution in [0.15, 0.2) is 9.85 Å². The van der Waals surface area contributed by atoms with E-state index in [4.69, 9.17) is 4.74 Å². The fraction of sp³-hybridized carbons (Fsp3) is 0.333. The van der Waals surface area contributed by atoms with Gasteiger partial charge in [-0.2, -0.15) is 0 Å². The summed E-state index contributed by atoms with van der Waals surface area (Å²) in [5.74, 6) is 1.08. The Morgan fingerprint density at radius 2 is 2.56 bits per heavy atom. The number of ether oxygens (including phenoxy) is 1. The van der Waals surface area contributed by atoms with E-state index in [1.165, 1.54) is 8.66 Å². The van der Waals surface area contributed by atoms with Crippen LogP contribution in [-0.4, -0.2) is 6.61 Å². The Morgan fingerprint density at radius 3 is 3.33 bits per heavy atom. The van der Waals surface area contributed by atoms with E-state index < -0.39 is 0 Å². The summed E-state index contributed by atoms with van der Waals surface area (Å²) in [5.41, 5.74) is 0. The first-order valence-corrected chi connectivity index (χ1v) is 4.38. The Kier molecular flexibility index (Phi) is 1.27. The lowest BCUT2D eigenvalue weighted by atomic mass is 10.4. The summed E-state index contributed by atoms with van der Waals surface area (Å²) in [6.45, 7) is 0.869. The second kappa shape index (κ2) is 1.99. The second-order valence-corrected chi connectivity index (χ2v) is 4.45. The first kappa shape index (κ1) is 5.74. The minimum Gasteiger partial charge on any atom is -0.492 e. The topological polar surface area (TPSA) is 9.23 Å². The summed E-state index contributed by atoms with van der Waals surface area (Å²) in [4.78, 5) is 1.38. The molecule has 0 N–H and O–H groups in total. The summed E-state index contributed by atoms with van der Waals surface area (Å²) in [5, 5.41) is 0. The molecule has 0 radical (unpaired) electrons. The third-order valence-corrected chi connectivity index (χ3v) is 3.01. The molecule has 1 aromatic heterocycles. The largest absolute Gasteiger partial charge is 0.492 e. The van der Waals surface area contributed by atoms with E-state index in [-0.39, 0.29) is 0 Å². The van der Waals surface area contributed by atoms with Gasteiger partial charge in [-0.25, -0.2) is 0 Å². The lowest BCUT2D eigenvalue weighted by Crippen LogP contribution is -1.86. The van der Waals surface area contributed by atoms with E-state index >= 15 is 0 Å². The van der Waals surface area contributed by atoms with Gasteiger partial charge in [-0.05, 0) is 15.9 Å². The number of halogens is 1. The monoisotopic (exact) mass is 204 g/mol. The standard InChI is InChI=1S/C6H5BrOS/c7-6-3-4-5(9-6)1-2-8-4/h3H,1-2H2. The van der Waals surface area contributed by atoms with Crippen molar-refractivity contribution in [3.63, 3.8) is 0 Å². The van der Waals surface area contributed by atoms with Gasteiger partial charge in [0.15, 0.2) is 0 Å². The maximum atomic E-state index is 5.30. The molecular weight excluding hydrogens is 200 g/mol. The van der Waals surface area contributed by atoms with Crippen LogP contribution in [0.1, 0.15) is 4.88 Å². The van der Waals surface area contributed by atoms with Crippen molar-refractivity contribution in [3.8, 4) is 5.75 Å². The van der Waals surface area contributed by atoms with Gasteiger partial charge in [0.2, 0.25) is 0 Å². The number of hydrogen-bond donors (Lipinski definition) is 0. The van der Waals surface area contributed by atoms with Crippen molar-refractivity contribution in [1.29, 1.82) is 0 Å². The Hall–Kier alpha value is -0.0200. The average molecular weight is 205 g/mol. The highest BCUT2D eigenvalue weighted by Gasteiger charge is 2.14. The van der Waals surface area contributed by atoms with Crippen molar-refractivity contribution in [2.45, 2.75) is 6.42 Å². The van der Waals surface area contributed by atoms with Gasteiger partial charge in [-0.3, -0.25) is 0 Å². The highest BCUT2D eigenvalue weighted by molar-refractivity contribution is 9.11. The van der Waals surface area contributed by atoms with Gasteiger partial charge in [0, 0.05) is 12.5 Å². The van der Waals surface area contributed by atoms with Gasteiger partial charge >= 0.3 is 0 Å². The van der Waals surface area contributed by atoms with E-state index in [1.54, 1.807) is 11.3 Å². The fourth-order valence-electron chi connectivity index (χ4n) is 0.931. The van der Waals surface area contributed by atoms with E-state index in [0.29, 0.717) is 0 Å². The number of hydrogen-bond acceptors (Lipinski definition) is 2. The molecule has 2 rings (SSSR count). The molecule has 2 heterocycles. The second-order valence-electron chi connectivity index (χ2n) is 1.94. The molecule has 1 nitrogen and oxygen atoms in total. The molecule has 0 atom stereocenters. The Labute approximate surface area is 65.8 Å². The predicted molar refractivity (Wildman–Crippen MR) is 41.2 cm³/mol. The predicted octanol–water partition coefficient (Wildman–Crippen LogP) is 2.45. The van der Waals surface area contributed by atoms with Gasteiger partial charge in [-0.15, -0.1) is 11.3 Å². The molecule has 0 aromatic carbocycles. The number of thiophene rings is 1. The zero-order valence-electron chi connectivity index (χ0n) is 4.69. The number of rotatable bonds is 0. The van der Waals surface area contributed by atoms with Crippen LogP contribution < -0.4 is 4.74 Å². The van der Waals surface area contributed by atoms with E-state index in [0.717, 1.165) is 18.8 Å². The zero-order chi connectivity index (χ0) is 6.27. The fourth-order valence-corrected chi connectivity index (χ4v) is 2.53. The van der Waals surface area contributed by atoms with Crippen molar-refractivity contribution < 1.29 is 4.74 Å². The quantitative estimate of drug-likeness (QED) is 0.632. The molecule has 48 valence electrons. The van der Waals surface area contributed by atoms with Gasteiger partial charge in [0.25, 0.3) is 0 Å². The molecule has 3 heteroatoms. The van der Waals surface area contributed by atoms with Gasteiger partial charge in [0.1, 0.15) is 5.75 Å². The van der Waals surface area contributed by atoms with Gasteiger partial charge < -0.3 is 4.74 Å². The van der Waals surface area contributed by atoms with Gasteiger partial charge in [0.05, 0.1) is 15.3 Å². The highest BCUT2D eigenvalue weighted by atomic mass is 79.9. The highest BCUT2D eigenvalue weighted by Crippen LogP contribution is 2.36. The molecule has 0 unspecified atom stereocenters. The lowest BCUT2D eigenvalue weighted by Gasteiger charge is -1.87. The van der Waals surface area contributed by atoms with Crippen molar-refractivity contribution in [2.24, 2.45) is 0 Å². The maximum absolute atomic E-state index is 5.30. The average Bonchev–Trinajstić information content (AvgIpc) is 2.22. The van der Waals surface area contributed by atoms with Crippen molar-refractivity contribution in [2.75, 3.05) is 6.61 Å². The molecule has 9 heavy (non-hydrogen) atoms. The summed E-state index contributed by atoms with van der Waals surface area (Å²) >= 11 is 5.16. The summed E-state index contributed by atoms with van der Waals surface area (Å²) < 4.78 is 6.47. The SMILES string of the molecule is Brc1cc2c(s1)CCO2. The van der Waals surface area contributed by atoms with Crippen LogP contribution in [0.4, 0.5) is 0 Å².